The molecule has 0 amide bonds. The van der Waals surface area contributed by atoms with E-state index in [2.05, 4.69) is 187 Å². The number of hydrogen-bond donors (Lipinski definition) is 0. The number of aromatic nitrogens is 2. The van der Waals surface area contributed by atoms with Crippen molar-refractivity contribution in [2.45, 2.75) is 0 Å². The van der Waals surface area contributed by atoms with E-state index in [-0.39, 0.29) is 0 Å². The molecule has 0 atom stereocenters. The van der Waals surface area contributed by atoms with Crippen molar-refractivity contribution in [3.63, 3.8) is 0 Å². The molecule has 3 heteroatoms. The van der Waals surface area contributed by atoms with E-state index in [4.69, 9.17) is 9.97 Å². The Morgan fingerprint density at radius 3 is 1.69 bits per heavy atom. The SMILES string of the molecule is C=C/C=C(\C=N/C)c1cccc(-c2cc(-c3cccc(-c4cccc5ccccc45)c3)nc(-c3c4ccccc4c(-c4ccccc4)c4ccccc34)n2)c1. The number of hydrogen-bond acceptors (Lipinski definition) is 3. The maximum atomic E-state index is 5.46. The number of nitrogens with zero attached hydrogens (tertiary/aromatic N) is 3. The third-order valence-electron chi connectivity index (χ3n) is 10.3. The Kier molecular flexibility index (Phi) is 8.95. The Labute approximate surface area is 321 Å². The van der Waals surface area contributed by atoms with E-state index in [9.17, 15) is 0 Å². The van der Waals surface area contributed by atoms with Crippen LogP contribution in [0.15, 0.2) is 200 Å². The molecular weight excluding hydrogens is 667 g/mol. The molecule has 1 aromatic heterocycles. The number of aliphatic imine (C=N–C) groups is 1. The zero-order valence-corrected chi connectivity index (χ0v) is 30.5. The maximum Gasteiger partial charge on any atom is 0.161 e. The van der Waals surface area contributed by atoms with Crippen LogP contribution in [0.3, 0.4) is 0 Å². The van der Waals surface area contributed by atoms with Gasteiger partial charge in [0.15, 0.2) is 5.82 Å². The second-order valence-electron chi connectivity index (χ2n) is 13.6. The van der Waals surface area contributed by atoms with Gasteiger partial charge in [0.1, 0.15) is 0 Å². The van der Waals surface area contributed by atoms with E-state index in [0.29, 0.717) is 5.82 Å². The van der Waals surface area contributed by atoms with Crippen LogP contribution in [0.4, 0.5) is 0 Å². The molecule has 9 rings (SSSR count). The second kappa shape index (κ2) is 14.7. The smallest absolute Gasteiger partial charge is 0.161 e. The van der Waals surface area contributed by atoms with Crippen molar-refractivity contribution in [1.82, 2.24) is 9.97 Å². The normalized spacial score (nSPS) is 11.8. The van der Waals surface area contributed by atoms with E-state index in [1.54, 1.807) is 13.1 Å². The van der Waals surface area contributed by atoms with E-state index >= 15 is 0 Å². The minimum atomic E-state index is 0.678. The van der Waals surface area contributed by atoms with Gasteiger partial charge in [0.05, 0.1) is 11.4 Å². The van der Waals surface area contributed by atoms with Gasteiger partial charge < -0.3 is 0 Å². The van der Waals surface area contributed by atoms with Gasteiger partial charge in [-0.1, -0.05) is 176 Å². The Bertz CT molecular complexity index is 2890. The fourth-order valence-electron chi connectivity index (χ4n) is 7.80. The van der Waals surface area contributed by atoms with E-state index in [0.717, 1.165) is 66.3 Å². The first kappa shape index (κ1) is 33.6. The van der Waals surface area contributed by atoms with E-state index < -0.39 is 0 Å². The summed E-state index contributed by atoms with van der Waals surface area (Å²) in [6.07, 6.45) is 5.64. The molecule has 0 spiro atoms. The van der Waals surface area contributed by atoms with Gasteiger partial charge in [-0.05, 0) is 83.9 Å². The molecule has 0 bridgehead atoms. The van der Waals surface area contributed by atoms with Gasteiger partial charge in [-0.2, -0.15) is 0 Å². The summed E-state index contributed by atoms with van der Waals surface area (Å²) in [5.74, 6) is 0.678. The molecule has 9 aromatic rings. The highest BCUT2D eigenvalue weighted by Crippen LogP contribution is 2.43. The summed E-state index contributed by atoms with van der Waals surface area (Å²) in [7, 11) is 1.79. The van der Waals surface area contributed by atoms with Crippen molar-refractivity contribution in [2.75, 3.05) is 7.05 Å². The van der Waals surface area contributed by atoms with Gasteiger partial charge in [-0.15, -0.1) is 0 Å². The average Bonchev–Trinajstić information content (AvgIpc) is 3.25. The molecule has 0 unspecified atom stereocenters. The lowest BCUT2D eigenvalue weighted by Gasteiger charge is -2.18. The van der Waals surface area contributed by atoms with Crippen molar-refractivity contribution in [1.29, 1.82) is 0 Å². The lowest BCUT2D eigenvalue weighted by atomic mass is 9.88. The van der Waals surface area contributed by atoms with E-state index in [1.807, 2.05) is 12.3 Å². The zero-order chi connectivity index (χ0) is 37.1. The lowest BCUT2D eigenvalue weighted by molar-refractivity contribution is 1.19. The quantitative estimate of drug-likeness (QED) is 0.0897. The largest absolute Gasteiger partial charge is 0.296 e. The van der Waals surface area contributed by atoms with Crippen LogP contribution in [-0.4, -0.2) is 23.2 Å². The monoisotopic (exact) mass is 703 g/mol. The third-order valence-corrected chi connectivity index (χ3v) is 10.3. The minimum Gasteiger partial charge on any atom is -0.296 e. The van der Waals surface area contributed by atoms with Crippen LogP contribution in [0.2, 0.25) is 0 Å². The Balaban J connectivity index is 1.32. The standard InChI is InChI=1S/C52H37N3/c1-3-16-41(34-53-2)37-21-13-23-39(31-37)48-33-49(40-24-14-22-38(32-40)43-30-15-20-35-17-7-8-25-42(35)43)55-52(54-48)51-46-28-11-9-26-44(46)50(36-18-5-4-6-19-36)45-27-10-12-29-47(45)51/h3-34H,1H2,2H3/b41-16+,53-34-. The van der Waals surface area contributed by atoms with Crippen LogP contribution < -0.4 is 0 Å². The topological polar surface area (TPSA) is 38.1 Å². The first-order valence-electron chi connectivity index (χ1n) is 18.5. The van der Waals surface area contributed by atoms with Crippen molar-refractivity contribution in [3.05, 3.63) is 200 Å². The predicted octanol–water partition coefficient (Wildman–Crippen LogP) is 13.5. The fraction of sp³-hybridized carbons (Fsp3) is 0.0192. The number of fused-ring (bicyclic) bond motifs is 3. The van der Waals surface area contributed by atoms with Gasteiger partial charge in [0, 0.05) is 30.0 Å². The van der Waals surface area contributed by atoms with Crippen LogP contribution in [-0.2, 0) is 0 Å². The number of allylic oxidation sites excluding steroid dienone is 3. The summed E-state index contributed by atoms with van der Waals surface area (Å²) in [6.45, 7) is 3.94. The Morgan fingerprint density at radius 1 is 0.491 bits per heavy atom. The lowest BCUT2D eigenvalue weighted by Crippen LogP contribution is -1.99. The second-order valence-corrected chi connectivity index (χ2v) is 13.6. The van der Waals surface area contributed by atoms with Gasteiger partial charge >= 0.3 is 0 Å². The summed E-state index contributed by atoms with van der Waals surface area (Å²) < 4.78 is 0. The molecule has 0 radical (unpaired) electrons. The molecule has 260 valence electrons. The molecule has 3 nitrogen and oxygen atoms in total. The first-order valence-corrected chi connectivity index (χ1v) is 18.5. The average molecular weight is 704 g/mol. The summed E-state index contributed by atoms with van der Waals surface area (Å²) in [5.41, 5.74) is 11.4. The molecule has 8 aromatic carbocycles. The first-order chi connectivity index (χ1) is 27.2. The molecule has 0 saturated heterocycles. The summed E-state index contributed by atoms with van der Waals surface area (Å²) in [6, 6.07) is 62.3. The van der Waals surface area contributed by atoms with Crippen LogP contribution >= 0.6 is 0 Å². The highest BCUT2D eigenvalue weighted by atomic mass is 14.9. The van der Waals surface area contributed by atoms with Gasteiger partial charge in [0.2, 0.25) is 0 Å². The number of rotatable bonds is 8. The molecule has 0 fully saturated rings. The van der Waals surface area contributed by atoms with Crippen molar-refractivity contribution < 1.29 is 0 Å². The van der Waals surface area contributed by atoms with Gasteiger partial charge in [0.25, 0.3) is 0 Å². The van der Waals surface area contributed by atoms with Gasteiger partial charge in [-0.25, -0.2) is 9.97 Å². The highest BCUT2D eigenvalue weighted by Gasteiger charge is 2.20. The van der Waals surface area contributed by atoms with Crippen molar-refractivity contribution >= 4 is 44.1 Å². The van der Waals surface area contributed by atoms with Crippen molar-refractivity contribution in [2.24, 2.45) is 4.99 Å². The fourth-order valence-corrected chi connectivity index (χ4v) is 7.80. The van der Waals surface area contributed by atoms with Crippen LogP contribution in [0, 0.1) is 0 Å². The maximum absolute atomic E-state index is 5.46. The van der Waals surface area contributed by atoms with Gasteiger partial charge in [-0.3, -0.25) is 4.99 Å². The molecule has 55 heavy (non-hydrogen) atoms. The minimum absolute atomic E-state index is 0.678. The molecule has 0 N–H and O–H groups in total. The highest BCUT2D eigenvalue weighted by molar-refractivity contribution is 6.21. The summed E-state index contributed by atoms with van der Waals surface area (Å²) in [4.78, 5) is 15.2. The predicted molar refractivity (Wildman–Crippen MR) is 234 cm³/mol. The molecule has 1 heterocycles. The van der Waals surface area contributed by atoms with E-state index in [1.165, 1.54) is 27.5 Å². The summed E-state index contributed by atoms with van der Waals surface area (Å²) in [5, 5.41) is 6.98. The van der Waals surface area contributed by atoms with Crippen molar-refractivity contribution in [3.8, 4) is 56.2 Å². The number of benzene rings is 8. The molecular formula is C52H37N3. The molecule has 0 aliphatic heterocycles. The van der Waals surface area contributed by atoms with Crippen LogP contribution in [0.1, 0.15) is 5.56 Å². The van der Waals surface area contributed by atoms with Crippen LogP contribution in [0.25, 0.3) is 94.0 Å². The van der Waals surface area contributed by atoms with Crippen LogP contribution in [0.5, 0.6) is 0 Å². The Hall–Kier alpha value is -7.23. The summed E-state index contributed by atoms with van der Waals surface area (Å²) >= 11 is 0. The molecule has 0 aliphatic carbocycles. The zero-order valence-electron chi connectivity index (χ0n) is 30.5. The Morgan fingerprint density at radius 2 is 1.02 bits per heavy atom. The third kappa shape index (κ3) is 6.32. The molecule has 0 saturated carbocycles. The molecule has 0 aliphatic rings.